The third kappa shape index (κ3) is 3.15. The Balaban J connectivity index is 1.73. The molecular formula is C22H18N4O3. The zero-order chi connectivity index (χ0) is 20.4. The predicted molar refractivity (Wildman–Crippen MR) is 107 cm³/mol. The van der Waals surface area contributed by atoms with Crippen LogP contribution in [0.5, 0.6) is 5.75 Å². The van der Waals surface area contributed by atoms with Crippen molar-refractivity contribution in [2.75, 3.05) is 12.4 Å². The molecule has 2 N–H and O–H groups in total. The average molecular weight is 386 g/mol. The molecule has 1 atom stereocenters. The summed E-state index contributed by atoms with van der Waals surface area (Å²) in [4.78, 5) is 30.2. The fourth-order valence-corrected chi connectivity index (χ4v) is 3.62. The molecule has 1 aromatic heterocycles. The number of fused-ring (bicyclic) bond motifs is 2. The van der Waals surface area contributed by atoms with Gasteiger partial charge in [-0.15, -0.1) is 0 Å². The van der Waals surface area contributed by atoms with Gasteiger partial charge in [-0.2, -0.15) is 5.26 Å². The van der Waals surface area contributed by atoms with E-state index in [0.717, 1.165) is 10.8 Å². The first-order valence-corrected chi connectivity index (χ1v) is 9.11. The number of amides is 2. The Bertz CT molecular complexity index is 1170. The lowest BCUT2D eigenvalue weighted by Crippen LogP contribution is -2.51. The highest BCUT2D eigenvalue weighted by Crippen LogP contribution is 2.41. The highest BCUT2D eigenvalue weighted by molar-refractivity contribution is 6.09. The topological polar surface area (TPSA) is 104 Å². The van der Waals surface area contributed by atoms with Gasteiger partial charge >= 0.3 is 0 Å². The van der Waals surface area contributed by atoms with Crippen LogP contribution in [0.15, 0.2) is 54.7 Å². The zero-order valence-electron chi connectivity index (χ0n) is 15.7. The zero-order valence-corrected chi connectivity index (χ0v) is 15.7. The molecule has 144 valence electrons. The summed E-state index contributed by atoms with van der Waals surface area (Å²) in [5.41, 5.74) is 0.0170. The minimum absolute atomic E-state index is 0.102. The van der Waals surface area contributed by atoms with Gasteiger partial charge in [0.2, 0.25) is 0 Å². The molecule has 0 saturated heterocycles. The summed E-state index contributed by atoms with van der Waals surface area (Å²) in [6, 6.07) is 16.5. The Labute approximate surface area is 167 Å². The van der Waals surface area contributed by atoms with Gasteiger partial charge < -0.3 is 15.4 Å². The molecular weight excluding hydrogens is 368 g/mol. The van der Waals surface area contributed by atoms with Crippen molar-refractivity contribution < 1.29 is 14.3 Å². The van der Waals surface area contributed by atoms with Gasteiger partial charge in [0, 0.05) is 29.6 Å². The molecule has 0 radical (unpaired) electrons. The van der Waals surface area contributed by atoms with Gasteiger partial charge in [0.25, 0.3) is 11.8 Å². The van der Waals surface area contributed by atoms with Crippen molar-refractivity contribution in [1.29, 1.82) is 5.26 Å². The molecule has 1 aliphatic heterocycles. The largest absolute Gasteiger partial charge is 0.497 e. The highest BCUT2D eigenvalue weighted by atomic mass is 16.5. The number of rotatable bonds is 5. The summed E-state index contributed by atoms with van der Waals surface area (Å²) in [5.74, 6) is -0.277. The van der Waals surface area contributed by atoms with Crippen molar-refractivity contribution >= 4 is 28.3 Å². The number of nitrogens with one attached hydrogen (secondary N) is 2. The van der Waals surface area contributed by atoms with E-state index in [1.165, 1.54) is 7.11 Å². The summed E-state index contributed by atoms with van der Waals surface area (Å²) in [5, 5.41) is 16.5. The average Bonchev–Trinajstić information content (AvgIpc) is 3.02. The number of nitrogens with zero attached hydrogens (tertiary/aromatic N) is 2. The minimum atomic E-state index is -1.35. The Morgan fingerprint density at radius 3 is 2.79 bits per heavy atom. The molecule has 2 aromatic carbocycles. The number of carbonyl (C=O) groups is 2. The van der Waals surface area contributed by atoms with E-state index in [0.29, 0.717) is 17.0 Å². The maximum atomic E-state index is 13.0. The van der Waals surface area contributed by atoms with Crippen LogP contribution >= 0.6 is 0 Å². The van der Waals surface area contributed by atoms with E-state index in [1.54, 1.807) is 30.5 Å². The van der Waals surface area contributed by atoms with Crippen molar-refractivity contribution in [1.82, 2.24) is 10.3 Å². The van der Waals surface area contributed by atoms with Crippen molar-refractivity contribution in [2.45, 2.75) is 18.4 Å². The number of pyridine rings is 1. The van der Waals surface area contributed by atoms with Crippen LogP contribution in [0.1, 0.15) is 28.9 Å². The van der Waals surface area contributed by atoms with Crippen molar-refractivity contribution in [3.8, 4) is 11.8 Å². The van der Waals surface area contributed by atoms with Gasteiger partial charge in [0.1, 0.15) is 17.0 Å². The first-order chi connectivity index (χ1) is 14.1. The first-order valence-electron chi connectivity index (χ1n) is 9.11. The fraction of sp³-hybridized carbons (Fsp3) is 0.182. The van der Waals surface area contributed by atoms with Gasteiger partial charge in [0.15, 0.2) is 0 Å². The second-order valence-electron chi connectivity index (χ2n) is 6.80. The lowest BCUT2D eigenvalue weighted by Gasteiger charge is -2.28. The molecule has 29 heavy (non-hydrogen) atoms. The molecule has 1 aliphatic rings. The Kier molecular flexibility index (Phi) is 4.61. The van der Waals surface area contributed by atoms with E-state index in [-0.39, 0.29) is 24.4 Å². The van der Waals surface area contributed by atoms with Crippen LogP contribution in [0.25, 0.3) is 10.8 Å². The van der Waals surface area contributed by atoms with Gasteiger partial charge in [0.05, 0.1) is 18.9 Å². The number of benzene rings is 2. The second-order valence-corrected chi connectivity index (χ2v) is 6.80. The fourth-order valence-electron chi connectivity index (χ4n) is 3.62. The summed E-state index contributed by atoms with van der Waals surface area (Å²) >= 11 is 0. The van der Waals surface area contributed by atoms with Crippen LogP contribution in [0.2, 0.25) is 0 Å². The number of ether oxygens (including phenoxy) is 1. The molecule has 2 heterocycles. The number of carbonyl (C=O) groups excluding carboxylic acids is 2. The van der Waals surface area contributed by atoms with Gasteiger partial charge in [-0.3, -0.25) is 14.6 Å². The lowest BCUT2D eigenvalue weighted by atomic mass is 9.86. The maximum absolute atomic E-state index is 13.0. The van der Waals surface area contributed by atoms with E-state index in [9.17, 15) is 9.59 Å². The second kappa shape index (κ2) is 7.24. The third-order valence-electron chi connectivity index (χ3n) is 5.12. The number of nitriles is 1. The van der Waals surface area contributed by atoms with E-state index in [1.807, 2.05) is 24.3 Å². The quantitative estimate of drug-likeness (QED) is 0.701. The molecule has 1 unspecified atom stereocenters. The number of aromatic nitrogens is 1. The molecule has 0 aliphatic carbocycles. The Hall–Kier alpha value is -3.92. The van der Waals surface area contributed by atoms with Crippen LogP contribution in [-0.2, 0) is 10.3 Å². The number of anilines is 1. The SMILES string of the molecule is COc1ccc2c(c1)NC(=O)C2(CCC#N)NC(=O)c1cc2ccccc2cn1. The Morgan fingerprint density at radius 2 is 2.03 bits per heavy atom. The summed E-state index contributed by atoms with van der Waals surface area (Å²) < 4.78 is 5.21. The standard InChI is InChI=1S/C22H18N4O3/c1-29-16-7-8-17-18(12-16)25-21(28)22(17,9-4-10-23)26-20(27)19-11-14-5-2-3-6-15(14)13-24-19/h2-3,5-8,11-13H,4,9H2,1H3,(H,25,28)(H,26,27). The third-order valence-corrected chi connectivity index (χ3v) is 5.12. The smallest absolute Gasteiger partial charge is 0.271 e. The van der Waals surface area contributed by atoms with E-state index >= 15 is 0 Å². The summed E-state index contributed by atoms with van der Waals surface area (Å²) in [6.07, 6.45) is 1.87. The van der Waals surface area contributed by atoms with Crippen LogP contribution in [0.3, 0.4) is 0 Å². The lowest BCUT2D eigenvalue weighted by molar-refractivity contribution is -0.121. The molecule has 0 bridgehead atoms. The highest BCUT2D eigenvalue weighted by Gasteiger charge is 2.48. The molecule has 4 rings (SSSR count). The van der Waals surface area contributed by atoms with Crippen molar-refractivity contribution in [3.05, 3.63) is 66.0 Å². The summed E-state index contributed by atoms with van der Waals surface area (Å²) in [7, 11) is 1.54. The number of methoxy groups -OCH3 is 1. The number of hydrogen-bond donors (Lipinski definition) is 2. The van der Waals surface area contributed by atoms with Crippen molar-refractivity contribution in [3.63, 3.8) is 0 Å². The van der Waals surface area contributed by atoms with Crippen LogP contribution in [0, 0.1) is 11.3 Å². The Morgan fingerprint density at radius 1 is 1.24 bits per heavy atom. The molecule has 0 spiro atoms. The van der Waals surface area contributed by atoms with Crippen molar-refractivity contribution in [2.24, 2.45) is 0 Å². The number of hydrogen-bond acceptors (Lipinski definition) is 5. The van der Waals surface area contributed by atoms with E-state index in [2.05, 4.69) is 21.7 Å². The molecule has 7 nitrogen and oxygen atoms in total. The predicted octanol–water partition coefficient (Wildman–Crippen LogP) is 3.12. The monoisotopic (exact) mass is 386 g/mol. The van der Waals surface area contributed by atoms with Gasteiger partial charge in [-0.1, -0.05) is 30.3 Å². The van der Waals surface area contributed by atoms with E-state index < -0.39 is 11.4 Å². The molecule has 0 saturated carbocycles. The molecule has 0 fully saturated rings. The first kappa shape index (κ1) is 18.4. The van der Waals surface area contributed by atoms with E-state index in [4.69, 9.17) is 10.00 Å². The normalized spacial score (nSPS) is 17.3. The maximum Gasteiger partial charge on any atom is 0.271 e. The van der Waals surface area contributed by atoms with Gasteiger partial charge in [-0.25, -0.2) is 0 Å². The van der Waals surface area contributed by atoms with Crippen LogP contribution in [-0.4, -0.2) is 23.9 Å². The minimum Gasteiger partial charge on any atom is -0.497 e. The molecule has 2 amide bonds. The molecule has 3 aromatic rings. The van der Waals surface area contributed by atoms with Gasteiger partial charge in [-0.05, 0) is 23.9 Å². The van der Waals surface area contributed by atoms with Crippen LogP contribution < -0.4 is 15.4 Å². The molecule has 7 heteroatoms. The summed E-state index contributed by atoms with van der Waals surface area (Å²) in [6.45, 7) is 0. The van der Waals surface area contributed by atoms with Crippen LogP contribution in [0.4, 0.5) is 5.69 Å².